The molecule has 0 saturated heterocycles. The number of carbonyl (C=O) groups is 1. The fourth-order valence-electron chi connectivity index (χ4n) is 2.39. The first-order chi connectivity index (χ1) is 11.1. The molecule has 0 unspecified atom stereocenters. The average molecular weight is 303 g/mol. The Hall–Kier alpha value is -3.07. The van der Waals surface area contributed by atoms with Crippen molar-refractivity contribution in [2.75, 3.05) is 5.32 Å². The Balaban J connectivity index is 1.78. The number of carbonyl (C=O) groups excluding carboxylic acids is 1. The molecule has 0 radical (unpaired) electrons. The third kappa shape index (κ3) is 3.40. The van der Waals surface area contributed by atoms with E-state index in [2.05, 4.69) is 5.32 Å². The van der Waals surface area contributed by atoms with Crippen LogP contribution in [0, 0.1) is 6.92 Å². The minimum Gasteiger partial charge on any atom is -0.506 e. The van der Waals surface area contributed by atoms with Gasteiger partial charge in [0.15, 0.2) is 0 Å². The van der Waals surface area contributed by atoms with Gasteiger partial charge in [-0.25, -0.2) is 0 Å². The van der Waals surface area contributed by atoms with Crippen molar-refractivity contribution < 1.29 is 9.90 Å². The lowest BCUT2D eigenvalue weighted by Crippen LogP contribution is -2.11. The molecule has 23 heavy (non-hydrogen) atoms. The molecule has 3 nitrogen and oxygen atoms in total. The van der Waals surface area contributed by atoms with Crippen LogP contribution >= 0.6 is 0 Å². The van der Waals surface area contributed by atoms with E-state index in [-0.39, 0.29) is 11.7 Å². The number of phenolic OH excluding ortho intramolecular Hbond substituents is 1. The van der Waals surface area contributed by atoms with Crippen molar-refractivity contribution in [3.63, 3.8) is 0 Å². The van der Waals surface area contributed by atoms with Gasteiger partial charge in [-0.15, -0.1) is 0 Å². The molecular weight excluding hydrogens is 286 g/mol. The lowest BCUT2D eigenvalue weighted by Gasteiger charge is -2.09. The Morgan fingerprint density at radius 1 is 0.870 bits per heavy atom. The Morgan fingerprint density at radius 2 is 1.52 bits per heavy atom. The Bertz CT molecular complexity index is 824. The summed E-state index contributed by atoms with van der Waals surface area (Å²) in [6.45, 7) is 1.88. The van der Waals surface area contributed by atoms with Gasteiger partial charge in [-0.05, 0) is 47.9 Å². The molecular formula is C20H17NO2. The van der Waals surface area contributed by atoms with Crippen LogP contribution in [0.5, 0.6) is 5.75 Å². The highest BCUT2D eigenvalue weighted by Crippen LogP contribution is 2.25. The number of hydrogen-bond donors (Lipinski definition) is 2. The van der Waals surface area contributed by atoms with Gasteiger partial charge >= 0.3 is 0 Å². The van der Waals surface area contributed by atoms with Gasteiger partial charge in [0, 0.05) is 5.56 Å². The molecule has 0 saturated carbocycles. The quantitative estimate of drug-likeness (QED) is 0.694. The van der Waals surface area contributed by atoms with Crippen LogP contribution in [0.15, 0.2) is 72.8 Å². The number of amides is 1. The van der Waals surface area contributed by atoms with Crippen LogP contribution in [0.4, 0.5) is 5.69 Å². The van der Waals surface area contributed by atoms with E-state index in [1.807, 2.05) is 55.5 Å². The Kier molecular flexibility index (Phi) is 4.11. The van der Waals surface area contributed by atoms with Gasteiger partial charge < -0.3 is 10.4 Å². The predicted molar refractivity (Wildman–Crippen MR) is 92.7 cm³/mol. The Labute approximate surface area is 135 Å². The normalized spacial score (nSPS) is 10.3. The average Bonchev–Trinajstić information content (AvgIpc) is 2.58. The maximum atomic E-state index is 12.3. The summed E-state index contributed by atoms with van der Waals surface area (Å²) in [4.78, 5) is 12.3. The third-order valence-corrected chi connectivity index (χ3v) is 3.66. The molecule has 114 valence electrons. The highest BCUT2D eigenvalue weighted by molar-refractivity contribution is 6.05. The minimum atomic E-state index is -0.247. The first kappa shape index (κ1) is 14.9. The molecule has 0 aromatic heterocycles. The van der Waals surface area contributed by atoms with Crippen LogP contribution in [0.3, 0.4) is 0 Å². The molecule has 3 heteroatoms. The summed E-state index contributed by atoms with van der Waals surface area (Å²) in [5, 5.41) is 12.6. The van der Waals surface area contributed by atoms with E-state index in [4.69, 9.17) is 0 Å². The number of phenols is 1. The summed E-state index contributed by atoms with van der Waals surface area (Å²) in [5.41, 5.74) is 4.06. The molecule has 0 fully saturated rings. The second-order valence-electron chi connectivity index (χ2n) is 5.42. The monoisotopic (exact) mass is 303 g/mol. The lowest BCUT2D eigenvalue weighted by atomic mass is 10.0. The second kappa shape index (κ2) is 6.36. The van der Waals surface area contributed by atoms with Crippen LogP contribution < -0.4 is 5.32 Å². The number of nitrogens with one attached hydrogen (secondary N) is 1. The van der Waals surface area contributed by atoms with Gasteiger partial charge in [-0.2, -0.15) is 0 Å². The molecule has 1 amide bonds. The van der Waals surface area contributed by atoms with Crippen molar-refractivity contribution in [1.29, 1.82) is 0 Å². The van der Waals surface area contributed by atoms with Crippen molar-refractivity contribution in [2.24, 2.45) is 0 Å². The summed E-state index contributed by atoms with van der Waals surface area (Å²) >= 11 is 0. The van der Waals surface area contributed by atoms with E-state index < -0.39 is 0 Å². The van der Waals surface area contributed by atoms with Gasteiger partial charge in [-0.3, -0.25) is 4.79 Å². The minimum absolute atomic E-state index is 0.0688. The summed E-state index contributed by atoms with van der Waals surface area (Å²) < 4.78 is 0. The van der Waals surface area contributed by atoms with Crippen molar-refractivity contribution in [2.45, 2.75) is 6.92 Å². The molecule has 0 bridgehead atoms. The molecule has 2 N–H and O–H groups in total. The van der Waals surface area contributed by atoms with Crippen molar-refractivity contribution in [3.05, 3.63) is 83.9 Å². The molecule has 0 aliphatic rings. The summed E-state index contributed by atoms with van der Waals surface area (Å²) in [6.07, 6.45) is 0. The highest BCUT2D eigenvalue weighted by Gasteiger charge is 2.09. The number of anilines is 1. The second-order valence-corrected chi connectivity index (χ2v) is 5.42. The number of aryl methyl sites for hydroxylation is 1. The van der Waals surface area contributed by atoms with Crippen molar-refractivity contribution >= 4 is 11.6 Å². The van der Waals surface area contributed by atoms with Gasteiger partial charge in [0.1, 0.15) is 5.75 Å². The topological polar surface area (TPSA) is 49.3 Å². The lowest BCUT2D eigenvalue weighted by molar-refractivity contribution is 0.102. The number of rotatable bonds is 3. The molecule has 0 atom stereocenters. The molecule has 0 spiro atoms. The molecule has 3 aromatic rings. The van der Waals surface area contributed by atoms with Gasteiger partial charge in [-0.1, -0.05) is 48.5 Å². The fourth-order valence-corrected chi connectivity index (χ4v) is 2.39. The van der Waals surface area contributed by atoms with Crippen LogP contribution in [0.1, 0.15) is 15.9 Å². The summed E-state index contributed by atoms with van der Waals surface area (Å²) in [7, 11) is 0. The van der Waals surface area contributed by atoms with Crippen LogP contribution in [0.2, 0.25) is 0 Å². The van der Waals surface area contributed by atoms with E-state index in [0.717, 1.165) is 16.7 Å². The van der Waals surface area contributed by atoms with Crippen LogP contribution in [-0.4, -0.2) is 11.0 Å². The zero-order valence-corrected chi connectivity index (χ0v) is 12.8. The number of aromatic hydroxyl groups is 1. The van der Waals surface area contributed by atoms with Crippen LogP contribution in [0.25, 0.3) is 11.1 Å². The molecule has 0 aliphatic carbocycles. The van der Waals surface area contributed by atoms with Crippen LogP contribution in [-0.2, 0) is 0 Å². The number of benzene rings is 3. The zero-order valence-electron chi connectivity index (χ0n) is 12.8. The highest BCUT2D eigenvalue weighted by atomic mass is 16.3. The Morgan fingerprint density at radius 3 is 2.17 bits per heavy atom. The fraction of sp³-hybridized carbons (Fsp3) is 0.0500. The van der Waals surface area contributed by atoms with Gasteiger partial charge in [0.25, 0.3) is 5.91 Å². The van der Waals surface area contributed by atoms with Crippen molar-refractivity contribution in [1.82, 2.24) is 0 Å². The van der Waals surface area contributed by atoms with E-state index in [9.17, 15) is 9.90 Å². The molecule has 3 rings (SSSR count). The van der Waals surface area contributed by atoms with Gasteiger partial charge in [0.05, 0.1) is 5.69 Å². The smallest absolute Gasteiger partial charge is 0.255 e. The largest absolute Gasteiger partial charge is 0.506 e. The number of hydrogen-bond acceptors (Lipinski definition) is 2. The maximum absolute atomic E-state index is 12.3. The van der Waals surface area contributed by atoms with E-state index in [1.165, 1.54) is 0 Å². The van der Waals surface area contributed by atoms with E-state index >= 15 is 0 Å². The van der Waals surface area contributed by atoms with E-state index in [1.54, 1.807) is 24.3 Å². The standard InChI is InChI=1S/C20H17NO2/c1-14-7-12-18(19(22)13-14)21-20(23)17-10-8-16(9-11-17)15-5-3-2-4-6-15/h2-13,22H,1H3,(H,21,23). The summed E-state index contributed by atoms with van der Waals surface area (Å²) in [5.74, 6) is -0.178. The molecule has 3 aromatic carbocycles. The summed E-state index contributed by atoms with van der Waals surface area (Å²) in [6, 6.07) is 22.5. The third-order valence-electron chi connectivity index (χ3n) is 3.66. The molecule has 0 aliphatic heterocycles. The molecule has 0 heterocycles. The van der Waals surface area contributed by atoms with Gasteiger partial charge in [0.2, 0.25) is 0 Å². The first-order valence-corrected chi connectivity index (χ1v) is 7.40. The zero-order chi connectivity index (χ0) is 16.2. The predicted octanol–water partition coefficient (Wildman–Crippen LogP) is 4.62. The van der Waals surface area contributed by atoms with E-state index in [0.29, 0.717) is 11.3 Å². The SMILES string of the molecule is Cc1ccc(NC(=O)c2ccc(-c3ccccc3)cc2)c(O)c1. The maximum Gasteiger partial charge on any atom is 0.255 e. The van der Waals surface area contributed by atoms with Crippen molar-refractivity contribution in [3.8, 4) is 16.9 Å². The first-order valence-electron chi connectivity index (χ1n) is 7.40.